The van der Waals surface area contributed by atoms with Crippen LogP contribution >= 0.6 is 0 Å². The molecular formula is C13H21N3O. The van der Waals surface area contributed by atoms with Gasteiger partial charge in [0.05, 0.1) is 12.8 Å². The molecule has 1 N–H and O–H groups in total. The summed E-state index contributed by atoms with van der Waals surface area (Å²) in [6, 6.07) is 4.62. The fraction of sp³-hybridized carbons (Fsp3) is 0.615. The summed E-state index contributed by atoms with van der Waals surface area (Å²) >= 11 is 0. The van der Waals surface area contributed by atoms with E-state index in [1.54, 1.807) is 7.11 Å². The van der Waals surface area contributed by atoms with Crippen LogP contribution in [-0.4, -0.2) is 43.2 Å². The van der Waals surface area contributed by atoms with Crippen LogP contribution < -0.4 is 10.1 Å². The second-order valence-corrected chi connectivity index (χ2v) is 4.65. The lowest BCUT2D eigenvalue weighted by Gasteiger charge is -2.16. The summed E-state index contributed by atoms with van der Waals surface area (Å²) in [6.07, 6.45) is 1.22. The predicted molar refractivity (Wildman–Crippen MR) is 68.3 cm³/mol. The molecule has 0 radical (unpaired) electrons. The monoisotopic (exact) mass is 235 g/mol. The number of likely N-dealkylation sites (tertiary alicyclic amines) is 1. The SMILES string of the molecule is CNC1CCN(Cc2cc(OC)cc(C)n2)C1. The lowest BCUT2D eigenvalue weighted by molar-refractivity contribution is 0.317. The van der Waals surface area contributed by atoms with Gasteiger partial charge in [0.15, 0.2) is 0 Å². The molecule has 0 bridgehead atoms. The number of hydrogen-bond acceptors (Lipinski definition) is 4. The molecule has 1 aliphatic rings. The van der Waals surface area contributed by atoms with E-state index in [9.17, 15) is 0 Å². The van der Waals surface area contributed by atoms with Crippen LogP contribution in [0.4, 0.5) is 0 Å². The molecule has 1 aromatic rings. The van der Waals surface area contributed by atoms with Gasteiger partial charge in [0.2, 0.25) is 0 Å². The van der Waals surface area contributed by atoms with Crippen LogP contribution in [0, 0.1) is 6.92 Å². The Morgan fingerprint density at radius 1 is 1.53 bits per heavy atom. The van der Waals surface area contributed by atoms with E-state index in [2.05, 4.69) is 15.2 Å². The molecule has 4 nitrogen and oxygen atoms in total. The Kier molecular flexibility index (Phi) is 3.97. The van der Waals surface area contributed by atoms with Crippen LogP contribution in [0.3, 0.4) is 0 Å². The van der Waals surface area contributed by atoms with E-state index in [0.717, 1.165) is 36.8 Å². The van der Waals surface area contributed by atoms with Gasteiger partial charge in [-0.1, -0.05) is 0 Å². The topological polar surface area (TPSA) is 37.4 Å². The molecule has 0 saturated carbocycles. The summed E-state index contributed by atoms with van der Waals surface area (Å²) in [5, 5.41) is 3.33. The van der Waals surface area contributed by atoms with Crippen molar-refractivity contribution in [3.8, 4) is 5.75 Å². The lowest BCUT2D eigenvalue weighted by atomic mass is 10.2. The third-order valence-corrected chi connectivity index (χ3v) is 3.28. The number of pyridine rings is 1. The minimum Gasteiger partial charge on any atom is -0.497 e. The fourth-order valence-corrected chi connectivity index (χ4v) is 2.34. The van der Waals surface area contributed by atoms with Gasteiger partial charge in [-0.25, -0.2) is 0 Å². The molecule has 1 saturated heterocycles. The summed E-state index contributed by atoms with van der Waals surface area (Å²) in [6.45, 7) is 5.17. The van der Waals surface area contributed by atoms with Gasteiger partial charge in [0, 0.05) is 43.5 Å². The number of methoxy groups -OCH3 is 1. The van der Waals surface area contributed by atoms with Gasteiger partial charge in [-0.2, -0.15) is 0 Å². The minimum atomic E-state index is 0.627. The average Bonchev–Trinajstić information content (AvgIpc) is 2.76. The molecule has 4 heteroatoms. The first-order valence-corrected chi connectivity index (χ1v) is 6.12. The van der Waals surface area contributed by atoms with Gasteiger partial charge in [-0.3, -0.25) is 9.88 Å². The smallest absolute Gasteiger partial charge is 0.122 e. The Labute approximate surface area is 103 Å². The molecule has 0 aliphatic carbocycles. The zero-order valence-electron chi connectivity index (χ0n) is 10.9. The van der Waals surface area contributed by atoms with Crippen molar-refractivity contribution in [1.29, 1.82) is 0 Å². The van der Waals surface area contributed by atoms with Crippen LogP contribution in [0.15, 0.2) is 12.1 Å². The summed E-state index contributed by atoms with van der Waals surface area (Å²) in [7, 11) is 3.73. The molecule has 2 rings (SSSR count). The van der Waals surface area contributed by atoms with Gasteiger partial charge in [0.25, 0.3) is 0 Å². The predicted octanol–water partition coefficient (Wildman–Crippen LogP) is 1.19. The quantitative estimate of drug-likeness (QED) is 0.850. The van der Waals surface area contributed by atoms with E-state index in [4.69, 9.17) is 4.74 Å². The first-order chi connectivity index (χ1) is 8.21. The zero-order valence-corrected chi connectivity index (χ0v) is 10.9. The fourth-order valence-electron chi connectivity index (χ4n) is 2.34. The zero-order chi connectivity index (χ0) is 12.3. The highest BCUT2D eigenvalue weighted by Gasteiger charge is 2.21. The summed E-state index contributed by atoms with van der Waals surface area (Å²) in [5.41, 5.74) is 2.11. The maximum Gasteiger partial charge on any atom is 0.122 e. The molecule has 94 valence electrons. The number of rotatable bonds is 4. The number of nitrogens with one attached hydrogen (secondary N) is 1. The van der Waals surface area contributed by atoms with Crippen molar-refractivity contribution in [1.82, 2.24) is 15.2 Å². The van der Waals surface area contributed by atoms with E-state index in [0.29, 0.717) is 6.04 Å². The van der Waals surface area contributed by atoms with Crippen LogP contribution in [0.2, 0.25) is 0 Å². The highest BCUT2D eigenvalue weighted by molar-refractivity contribution is 5.26. The molecule has 1 atom stereocenters. The first-order valence-electron chi connectivity index (χ1n) is 6.12. The second kappa shape index (κ2) is 5.47. The molecule has 1 aliphatic heterocycles. The van der Waals surface area contributed by atoms with Crippen LogP contribution in [-0.2, 0) is 6.54 Å². The third kappa shape index (κ3) is 3.17. The number of ether oxygens (including phenoxy) is 1. The van der Waals surface area contributed by atoms with Crippen molar-refractivity contribution in [3.63, 3.8) is 0 Å². The normalized spacial score (nSPS) is 20.8. The van der Waals surface area contributed by atoms with Crippen molar-refractivity contribution < 1.29 is 4.74 Å². The summed E-state index contributed by atoms with van der Waals surface area (Å²) in [4.78, 5) is 6.99. The highest BCUT2D eigenvalue weighted by Crippen LogP contribution is 2.17. The maximum atomic E-state index is 5.27. The van der Waals surface area contributed by atoms with Crippen LogP contribution in [0.25, 0.3) is 0 Å². The number of hydrogen-bond donors (Lipinski definition) is 1. The Morgan fingerprint density at radius 2 is 2.35 bits per heavy atom. The largest absolute Gasteiger partial charge is 0.497 e. The molecule has 0 amide bonds. The molecule has 0 aromatic carbocycles. The van der Waals surface area contributed by atoms with Crippen LogP contribution in [0.5, 0.6) is 5.75 Å². The van der Waals surface area contributed by atoms with Crippen molar-refractivity contribution in [2.24, 2.45) is 0 Å². The van der Waals surface area contributed by atoms with E-state index in [-0.39, 0.29) is 0 Å². The standard InChI is InChI=1S/C13H21N3O/c1-10-6-13(17-3)7-12(15-10)9-16-5-4-11(8-16)14-2/h6-7,11,14H,4-5,8-9H2,1-3H3. The molecule has 2 heterocycles. The van der Waals surface area contributed by atoms with Crippen molar-refractivity contribution in [2.75, 3.05) is 27.2 Å². The van der Waals surface area contributed by atoms with Gasteiger partial charge in [-0.15, -0.1) is 0 Å². The first kappa shape index (κ1) is 12.3. The van der Waals surface area contributed by atoms with E-state index in [1.807, 2.05) is 26.1 Å². The Bertz CT molecular complexity index is 381. The number of aromatic nitrogens is 1. The summed E-state index contributed by atoms with van der Waals surface area (Å²) in [5.74, 6) is 0.900. The molecule has 0 spiro atoms. The average molecular weight is 235 g/mol. The molecule has 1 aromatic heterocycles. The number of likely N-dealkylation sites (N-methyl/N-ethyl adjacent to an activating group) is 1. The Hall–Kier alpha value is -1.13. The lowest BCUT2D eigenvalue weighted by Crippen LogP contribution is -2.29. The van der Waals surface area contributed by atoms with Crippen molar-refractivity contribution in [2.45, 2.75) is 25.9 Å². The number of aryl methyl sites for hydroxylation is 1. The van der Waals surface area contributed by atoms with Crippen molar-refractivity contribution in [3.05, 3.63) is 23.5 Å². The Morgan fingerprint density at radius 3 is 3.00 bits per heavy atom. The van der Waals surface area contributed by atoms with Gasteiger partial charge in [0.1, 0.15) is 5.75 Å². The van der Waals surface area contributed by atoms with E-state index < -0.39 is 0 Å². The number of nitrogens with zero attached hydrogens (tertiary/aromatic N) is 2. The van der Waals surface area contributed by atoms with E-state index >= 15 is 0 Å². The molecule has 1 fully saturated rings. The molecular weight excluding hydrogens is 214 g/mol. The maximum absolute atomic E-state index is 5.27. The summed E-state index contributed by atoms with van der Waals surface area (Å²) < 4.78 is 5.27. The molecule has 17 heavy (non-hydrogen) atoms. The van der Waals surface area contributed by atoms with Gasteiger partial charge < -0.3 is 10.1 Å². The van der Waals surface area contributed by atoms with Crippen LogP contribution in [0.1, 0.15) is 17.8 Å². The minimum absolute atomic E-state index is 0.627. The highest BCUT2D eigenvalue weighted by atomic mass is 16.5. The van der Waals surface area contributed by atoms with Gasteiger partial charge >= 0.3 is 0 Å². The van der Waals surface area contributed by atoms with Gasteiger partial charge in [-0.05, 0) is 20.4 Å². The van der Waals surface area contributed by atoms with Crippen molar-refractivity contribution >= 4 is 0 Å². The second-order valence-electron chi connectivity index (χ2n) is 4.65. The van der Waals surface area contributed by atoms with E-state index in [1.165, 1.54) is 6.42 Å². The Balaban J connectivity index is 2.01. The molecule has 1 unspecified atom stereocenters. The third-order valence-electron chi connectivity index (χ3n) is 3.28.